The molecule has 0 bridgehead atoms. The highest BCUT2D eigenvalue weighted by Gasteiger charge is 2.13. The molecule has 0 aliphatic rings. The van der Waals surface area contributed by atoms with Gasteiger partial charge in [0.15, 0.2) is 0 Å². The second-order valence-corrected chi connectivity index (χ2v) is 5.12. The number of rotatable bonds is 4. The molecule has 0 aliphatic heterocycles. The summed E-state index contributed by atoms with van der Waals surface area (Å²) in [5.41, 5.74) is 5.52. The maximum Gasteiger partial charge on any atom is 0.265 e. The molecule has 2 aromatic rings. The third kappa shape index (κ3) is 2.67. The van der Waals surface area contributed by atoms with Crippen molar-refractivity contribution in [2.45, 2.75) is 26.8 Å². The van der Waals surface area contributed by atoms with Gasteiger partial charge in [0, 0.05) is 11.9 Å². The minimum Gasteiger partial charge on any atom is -0.364 e. The molecule has 0 atom stereocenters. The van der Waals surface area contributed by atoms with E-state index in [0.717, 1.165) is 11.8 Å². The van der Waals surface area contributed by atoms with Gasteiger partial charge < -0.3 is 10.3 Å². The highest BCUT2D eigenvalue weighted by atomic mass is 16.2. The lowest BCUT2D eigenvalue weighted by molar-refractivity contribution is 0.0990. The Morgan fingerprint density at radius 3 is 2.63 bits per heavy atom. The Morgan fingerprint density at radius 2 is 2.00 bits per heavy atom. The Labute approximate surface area is 111 Å². The number of hydrogen-bond donors (Lipinski definition) is 1. The molecule has 2 N–H and O–H groups in total. The van der Waals surface area contributed by atoms with Crippen LogP contribution < -0.4 is 11.3 Å². The summed E-state index contributed by atoms with van der Waals surface area (Å²) in [5.74, 6) is -0.106. The van der Waals surface area contributed by atoms with E-state index in [0.29, 0.717) is 17.8 Å². The van der Waals surface area contributed by atoms with Crippen LogP contribution in [0.4, 0.5) is 0 Å². The molecule has 1 aromatic carbocycles. The van der Waals surface area contributed by atoms with E-state index in [1.807, 2.05) is 18.2 Å². The van der Waals surface area contributed by atoms with Gasteiger partial charge in [-0.05, 0) is 29.9 Å². The zero-order valence-corrected chi connectivity index (χ0v) is 11.2. The number of amides is 1. The van der Waals surface area contributed by atoms with Crippen LogP contribution in [0.1, 0.15) is 30.8 Å². The van der Waals surface area contributed by atoms with Crippen LogP contribution in [0.25, 0.3) is 10.8 Å². The van der Waals surface area contributed by atoms with Crippen LogP contribution in [0, 0.1) is 5.92 Å². The van der Waals surface area contributed by atoms with Crippen molar-refractivity contribution in [1.82, 2.24) is 4.57 Å². The zero-order valence-electron chi connectivity index (χ0n) is 11.2. The highest BCUT2D eigenvalue weighted by Crippen LogP contribution is 2.13. The first-order chi connectivity index (χ1) is 9.00. The van der Waals surface area contributed by atoms with Crippen molar-refractivity contribution in [3.8, 4) is 0 Å². The molecule has 4 nitrogen and oxygen atoms in total. The smallest absolute Gasteiger partial charge is 0.265 e. The molecule has 0 radical (unpaired) electrons. The molecule has 1 amide bonds. The lowest BCUT2D eigenvalue weighted by Gasteiger charge is -2.13. The van der Waals surface area contributed by atoms with Gasteiger partial charge in [0.2, 0.25) is 0 Å². The van der Waals surface area contributed by atoms with Crippen molar-refractivity contribution in [3.63, 3.8) is 0 Å². The van der Waals surface area contributed by atoms with Crippen LogP contribution in [0.2, 0.25) is 0 Å². The molecule has 2 rings (SSSR count). The molecule has 0 saturated carbocycles. The maximum atomic E-state index is 12.4. The number of nitrogens with zero attached hydrogens (tertiary/aromatic N) is 1. The van der Waals surface area contributed by atoms with Gasteiger partial charge in [0.05, 0.1) is 0 Å². The summed E-state index contributed by atoms with van der Waals surface area (Å²) in [4.78, 5) is 23.9. The predicted octanol–water partition coefficient (Wildman–Crippen LogP) is 2.15. The van der Waals surface area contributed by atoms with Gasteiger partial charge in [-0.1, -0.05) is 32.0 Å². The average Bonchev–Trinajstić information content (AvgIpc) is 2.37. The number of aromatic nitrogens is 1. The van der Waals surface area contributed by atoms with E-state index in [4.69, 9.17) is 5.73 Å². The van der Waals surface area contributed by atoms with Crippen LogP contribution in [-0.4, -0.2) is 10.5 Å². The Hall–Kier alpha value is -2.10. The fraction of sp³-hybridized carbons (Fsp3) is 0.333. The first-order valence-corrected chi connectivity index (χ1v) is 6.43. The number of pyridine rings is 1. The quantitative estimate of drug-likeness (QED) is 0.913. The molecule has 1 aromatic heterocycles. The fourth-order valence-electron chi connectivity index (χ4n) is 2.11. The van der Waals surface area contributed by atoms with Gasteiger partial charge in [0.25, 0.3) is 11.5 Å². The summed E-state index contributed by atoms with van der Waals surface area (Å²) < 4.78 is 1.49. The van der Waals surface area contributed by atoms with E-state index in [1.165, 1.54) is 4.57 Å². The Kier molecular flexibility index (Phi) is 3.69. The predicted molar refractivity (Wildman–Crippen MR) is 76.2 cm³/mol. The van der Waals surface area contributed by atoms with Crippen LogP contribution in [0.5, 0.6) is 0 Å². The van der Waals surface area contributed by atoms with Crippen LogP contribution in [0.3, 0.4) is 0 Å². The van der Waals surface area contributed by atoms with E-state index in [1.54, 1.807) is 12.1 Å². The summed E-state index contributed by atoms with van der Waals surface area (Å²) in [6, 6.07) is 8.94. The van der Waals surface area contributed by atoms with Crippen molar-refractivity contribution >= 4 is 16.7 Å². The molecule has 0 saturated heterocycles. The number of carbonyl (C=O) groups excluding carboxylic acids is 1. The van der Waals surface area contributed by atoms with Crippen LogP contribution in [-0.2, 0) is 6.54 Å². The first-order valence-electron chi connectivity index (χ1n) is 6.43. The van der Waals surface area contributed by atoms with Crippen molar-refractivity contribution in [2.75, 3.05) is 0 Å². The van der Waals surface area contributed by atoms with Crippen molar-refractivity contribution in [1.29, 1.82) is 0 Å². The van der Waals surface area contributed by atoms with Crippen molar-refractivity contribution in [3.05, 3.63) is 46.4 Å². The number of carbonyl (C=O) groups is 1. The van der Waals surface area contributed by atoms with Gasteiger partial charge in [-0.2, -0.15) is 0 Å². The second kappa shape index (κ2) is 5.26. The molecular formula is C15H18N2O2. The minimum absolute atomic E-state index is 0.146. The highest BCUT2D eigenvalue weighted by molar-refractivity contribution is 5.95. The van der Waals surface area contributed by atoms with Crippen molar-refractivity contribution < 1.29 is 4.79 Å². The normalized spacial score (nSPS) is 11.1. The number of nitrogens with two attached hydrogens (primary N) is 1. The van der Waals surface area contributed by atoms with Gasteiger partial charge in [-0.25, -0.2) is 0 Å². The summed E-state index contributed by atoms with van der Waals surface area (Å²) in [6.07, 6.45) is 0.832. The van der Waals surface area contributed by atoms with Crippen LogP contribution >= 0.6 is 0 Å². The van der Waals surface area contributed by atoms with Gasteiger partial charge >= 0.3 is 0 Å². The number of primary amides is 1. The molecule has 100 valence electrons. The summed E-state index contributed by atoms with van der Waals surface area (Å²) >= 11 is 0. The SMILES string of the molecule is CC(C)CCn1c(C(N)=O)cc2ccccc2c1=O. The Balaban J connectivity index is 2.64. The molecule has 0 fully saturated rings. The van der Waals surface area contributed by atoms with Crippen molar-refractivity contribution in [2.24, 2.45) is 11.7 Å². The van der Waals surface area contributed by atoms with E-state index in [9.17, 15) is 9.59 Å². The Bertz CT molecular complexity index is 671. The standard InChI is InChI=1S/C15H18N2O2/c1-10(2)7-8-17-13(14(16)18)9-11-5-3-4-6-12(11)15(17)19/h3-6,9-10H,7-8H2,1-2H3,(H2,16,18). The summed E-state index contributed by atoms with van der Waals surface area (Å²) in [5, 5.41) is 1.37. The topological polar surface area (TPSA) is 65.1 Å². The van der Waals surface area contributed by atoms with E-state index >= 15 is 0 Å². The van der Waals surface area contributed by atoms with E-state index in [2.05, 4.69) is 13.8 Å². The lowest BCUT2D eigenvalue weighted by Crippen LogP contribution is -2.29. The summed E-state index contributed by atoms with van der Waals surface area (Å²) in [7, 11) is 0. The third-order valence-electron chi connectivity index (χ3n) is 3.20. The maximum absolute atomic E-state index is 12.4. The first kappa shape index (κ1) is 13.3. The fourth-order valence-corrected chi connectivity index (χ4v) is 2.11. The number of hydrogen-bond acceptors (Lipinski definition) is 2. The minimum atomic E-state index is -0.563. The molecule has 0 spiro atoms. The molecule has 1 heterocycles. The molecule has 0 aliphatic carbocycles. The second-order valence-electron chi connectivity index (χ2n) is 5.12. The lowest BCUT2D eigenvalue weighted by atomic mass is 10.1. The molecular weight excluding hydrogens is 240 g/mol. The average molecular weight is 258 g/mol. The number of fused-ring (bicyclic) bond motifs is 1. The molecule has 0 unspecified atom stereocenters. The van der Waals surface area contributed by atoms with E-state index in [-0.39, 0.29) is 11.3 Å². The molecule has 4 heteroatoms. The van der Waals surface area contributed by atoms with Gasteiger partial charge in [-0.3, -0.25) is 9.59 Å². The van der Waals surface area contributed by atoms with Gasteiger partial charge in [-0.15, -0.1) is 0 Å². The van der Waals surface area contributed by atoms with E-state index < -0.39 is 5.91 Å². The molecule has 19 heavy (non-hydrogen) atoms. The third-order valence-corrected chi connectivity index (χ3v) is 3.20. The van der Waals surface area contributed by atoms with Gasteiger partial charge in [0.1, 0.15) is 5.69 Å². The summed E-state index contributed by atoms with van der Waals surface area (Å²) in [6.45, 7) is 4.67. The largest absolute Gasteiger partial charge is 0.364 e. The monoisotopic (exact) mass is 258 g/mol. The Morgan fingerprint density at radius 1 is 1.32 bits per heavy atom. The van der Waals surface area contributed by atoms with Crippen LogP contribution in [0.15, 0.2) is 35.1 Å². The number of benzene rings is 1. The zero-order chi connectivity index (χ0) is 14.0.